The third kappa shape index (κ3) is 2.08. The van der Waals surface area contributed by atoms with Crippen LogP contribution in [0, 0.1) is 16.7 Å². The van der Waals surface area contributed by atoms with E-state index in [2.05, 4.69) is 22.6 Å². The normalized spacial score (nSPS) is 36.8. The molecule has 0 aromatic rings. The maximum absolute atomic E-state index is 12.4. The summed E-state index contributed by atoms with van der Waals surface area (Å²) in [5, 5.41) is 6.40. The van der Waals surface area contributed by atoms with Crippen molar-refractivity contribution in [2.45, 2.75) is 25.7 Å². The Hall–Kier alpha value is -0.320. The Morgan fingerprint density at radius 1 is 1.26 bits per heavy atom. The van der Waals surface area contributed by atoms with Crippen LogP contribution in [0.5, 0.6) is 0 Å². The number of rotatable bonds is 1. The number of likely N-dealkylation sites (tertiary alicyclic amines) is 1. The second kappa shape index (κ2) is 5.23. The summed E-state index contributed by atoms with van der Waals surface area (Å²) < 4.78 is 0. The number of carbonyl (C=O) groups is 1. The summed E-state index contributed by atoms with van der Waals surface area (Å²) in [6, 6.07) is 0. The predicted molar refractivity (Wildman–Crippen MR) is 78.5 cm³/mol. The van der Waals surface area contributed by atoms with Crippen molar-refractivity contribution in [3.63, 3.8) is 0 Å². The van der Waals surface area contributed by atoms with Crippen molar-refractivity contribution in [1.82, 2.24) is 15.5 Å². The molecule has 1 saturated carbocycles. The van der Waals surface area contributed by atoms with Gasteiger partial charge in [0, 0.05) is 20.1 Å². The van der Waals surface area contributed by atoms with Crippen molar-refractivity contribution < 1.29 is 4.79 Å². The Bertz CT molecular complexity index is 357. The molecular formula is C14H26ClN3O. The highest BCUT2D eigenvalue weighted by Crippen LogP contribution is 2.61. The second-order valence-electron chi connectivity index (χ2n) is 6.60. The monoisotopic (exact) mass is 287 g/mol. The van der Waals surface area contributed by atoms with Crippen molar-refractivity contribution >= 4 is 18.3 Å². The van der Waals surface area contributed by atoms with E-state index >= 15 is 0 Å². The second-order valence-corrected chi connectivity index (χ2v) is 6.60. The van der Waals surface area contributed by atoms with Crippen LogP contribution < -0.4 is 10.6 Å². The van der Waals surface area contributed by atoms with E-state index in [9.17, 15) is 4.79 Å². The van der Waals surface area contributed by atoms with E-state index in [-0.39, 0.29) is 23.7 Å². The fourth-order valence-electron chi connectivity index (χ4n) is 4.94. The maximum atomic E-state index is 12.4. The molecule has 5 heteroatoms. The number of nitrogens with one attached hydrogen (secondary N) is 2. The summed E-state index contributed by atoms with van der Waals surface area (Å²) in [7, 11) is 3.96. The van der Waals surface area contributed by atoms with Crippen molar-refractivity contribution in [2.75, 3.05) is 40.3 Å². The molecular weight excluding hydrogens is 262 g/mol. The first-order valence-electron chi connectivity index (χ1n) is 7.24. The van der Waals surface area contributed by atoms with E-state index in [1.165, 1.54) is 19.3 Å². The highest BCUT2D eigenvalue weighted by atomic mass is 35.5. The fourth-order valence-corrected chi connectivity index (χ4v) is 4.94. The molecule has 3 fully saturated rings. The Labute approximate surface area is 122 Å². The minimum Gasteiger partial charge on any atom is -0.359 e. The summed E-state index contributed by atoms with van der Waals surface area (Å²) in [6.45, 7) is 4.31. The molecule has 19 heavy (non-hydrogen) atoms. The Morgan fingerprint density at radius 2 is 1.95 bits per heavy atom. The third-order valence-electron chi connectivity index (χ3n) is 5.80. The van der Waals surface area contributed by atoms with Crippen LogP contribution in [-0.2, 0) is 4.79 Å². The number of halogens is 1. The molecule has 1 spiro atoms. The van der Waals surface area contributed by atoms with Crippen molar-refractivity contribution in [3.05, 3.63) is 0 Å². The van der Waals surface area contributed by atoms with Gasteiger partial charge in [0.15, 0.2) is 0 Å². The van der Waals surface area contributed by atoms with E-state index in [1.807, 2.05) is 0 Å². The summed E-state index contributed by atoms with van der Waals surface area (Å²) in [5.74, 6) is 0.851. The molecule has 2 N–H and O–H groups in total. The largest absolute Gasteiger partial charge is 0.359 e. The lowest BCUT2D eigenvalue weighted by atomic mass is 9.66. The summed E-state index contributed by atoms with van der Waals surface area (Å²) in [6.07, 6.45) is 4.84. The molecule has 1 aliphatic carbocycles. The fraction of sp³-hybridized carbons (Fsp3) is 0.929. The van der Waals surface area contributed by atoms with E-state index in [0.29, 0.717) is 11.3 Å². The molecule has 2 heterocycles. The standard InChI is InChI=1S/C14H25N3O.ClH/c1-15-12(18)14-4-3-13(5-7-16-8-6-13)11(14)9-17(2)10-14;/h11,16H,3-10H2,1-2H3,(H,15,18);1H/t11-,14+;/m0./s1. The third-order valence-corrected chi connectivity index (χ3v) is 5.80. The van der Waals surface area contributed by atoms with Gasteiger partial charge >= 0.3 is 0 Å². The number of nitrogens with zero attached hydrogens (tertiary/aromatic N) is 1. The van der Waals surface area contributed by atoms with E-state index in [4.69, 9.17) is 0 Å². The van der Waals surface area contributed by atoms with Crippen LogP contribution >= 0.6 is 12.4 Å². The SMILES string of the molecule is CNC(=O)[C@@]12CCC3(CCNCC3)[C@@H]1CN(C)C2.Cl. The maximum Gasteiger partial charge on any atom is 0.227 e. The molecule has 1 amide bonds. The molecule has 0 aromatic heterocycles. The van der Waals surface area contributed by atoms with Gasteiger partial charge in [-0.25, -0.2) is 0 Å². The lowest BCUT2D eigenvalue weighted by Crippen LogP contribution is -2.47. The molecule has 0 bridgehead atoms. The van der Waals surface area contributed by atoms with Crippen molar-refractivity contribution in [2.24, 2.45) is 16.7 Å². The number of hydrogen-bond acceptors (Lipinski definition) is 3. The Morgan fingerprint density at radius 3 is 2.58 bits per heavy atom. The first-order chi connectivity index (χ1) is 8.63. The summed E-state index contributed by atoms with van der Waals surface area (Å²) in [5.41, 5.74) is 0.337. The number of piperidine rings is 1. The van der Waals surface area contributed by atoms with Gasteiger partial charge in [0.2, 0.25) is 5.91 Å². The van der Waals surface area contributed by atoms with Crippen LogP contribution in [0.3, 0.4) is 0 Å². The number of amides is 1. The van der Waals surface area contributed by atoms with Crippen molar-refractivity contribution in [3.8, 4) is 0 Å². The quantitative estimate of drug-likeness (QED) is 0.752. The summed E-state index contributed by atoms with van der Waals surface area (Å²) >= 11 is 0. The van der Waals surface area contributed by atoms with Gasteiger partial charge in [0.25, 0.3) is 0 Å². The Balaban J connectivity index is 0.00000133. The van der Waals surface area contributed by atoms with Gasteiger partial charge in [-0.15, -0.1) is 12.4 Å². The van der Waals surface area contributed by atoms with Gasteiger partial charge in [-0.2, -0.15) is 0 Å². The number of fused-ring (bicyclic) bond motifs is 2. The van der Waals surface area contributed by atoms with Crippen LogP contribution in [0.4, 0.5) is 0 Å². The topological polar surface area (TPSA) is 44.4 Å². The zero-order valence-electron chi connectivity index (χ0n) is 12.0. The van der Waals surface area contributed by atoms with Gasteiger partial charge in [-0.05, 0) is 57.2 Å². The zero-order valence-corrected chi connectivity index (χ0v) is 12.8. The molecule has 3 aliphatic rings. The van der Waals surface area contributed by atoms with Crippen molar-refractivity contribution in [1.29, 1.82) is 0 Å². The zero-order chi connectivity index (χ0) is 12.8. The number of hydrogen-bond donors (Lipinski definition) is 2. The first kappa shape index (κ1) is 15.1. The van der Waals surface area contributed by atoms with Gasteiger partial charge in [0.1, 0.15) is 0 Å². The average Bonchev–Trinajstić information content (AvgIpc) is 2.87. The van der Waals surface area contributed by atoms with Crippen LogP contribution in [0.25, 0.3) is 0 Å². The van der Waals surface area contributed by atoms with Gasteiger partial charge in [0.05, 0.1) is 5.41 Å². The minimum atomic E-state index is -0.0964. The first-order valence-corrected chi connectivity index (χ1v) is 7.24. The van der Waals surface area contributed by atoms with Gasteiger partial charge in [-0.1, -0.05) is 0 Å². The minimum absolute atomic E-state index is 0. The molecule has 110 valence electrons. The molecule has 0 radical (unpaired) electrons. The summed E-state index contributed by atoms with van der Waals surface area (Å²) in [4.78, 5) is 14.8. The van der Waals surface area contributed by atoms with E-state index in [1.54, 1.807) is 7.05 Å². The predicted octanol–water partition coefficient (Wildman–Crippen LogP) is 0.866. The molecule has 4 nitrogen and oxygen atoms in total. The molecule has 2 aliphatic heterocycles. The smallest absolute Gasteiger partial charge is 0.227 e. The molecule has 2 atom stereocenters. The molecule has 0 unspecified atom stereocenters. The average molecular weight is 288 g/mol. The van der Waals surface area contributed by atoms with Crippen LogP contribution in [-0.4, -0.2) is 51.1 Å². The van der Waals surface area contributed by atoms with Crippen LogP contribution in [0.15, 0.2) is 0 Å². The van der Waals surface area contributed by atoms with E-state index in [0.717, 1.165) is 32.6 Å². The van der Waals surface area contributed by atoms with E-state index < -0.39 is 0 Å². The Kier molecular flexibility index (Phi) is 4.15. The lowest BCUT2D eigenvalue weighted by Gasteiger charge is -2.41. The highest BCUT2D eigenvalue weighted by molar-refractivity contribution is 5.85. The van der Waals surface area contributed by atoms with Gasteiger partial charge in [-0.3, -0.25) is 4.79 Å². The van der Waals surface area contributed by atoms with Crippen LogP contribution in [0.2, 0.25) is 0 Å². The molecule has 3 rings (SSSR count). The number of carbonyl (C=O) groups excluding carboxylic acids is 1. The lowest BCUT2D eigenvalue weighted by molar-refractivity contribution is -0.132. The molecule has 0 aromatic carbocycles. The molecule has 2 saturated heterocycles. The van der Waals surface area contributed by atoms with Gasteiger partial charge < -0.3 is 15.5 Å². The highest BCUT2D eigenvalue weighted by Gasteiger charge is 2.63. The van der Waals surface area contributed by atoms with Crippen LogP contribution in [0.1, 0.15) is 25.7 Å².